The smallest absolute Gasteiger partial charge is 0.407 e. The van der Waals surface area contributed by atoms with E-state index < -0.39 is 26.5 Å². The summed E-state index contributed by atoms with van der Waals surface area (Å²) in [5.74, 6) is 0.0541. The third kappa shape index (κ3) is 5.51. The van der Waals surface area contributed by atoms with Gasteiger partial charge in [-0.2, -0.15) is 0 Å². The van der Waals surface area contributed by atoms with Gasteiger partial charge in [-0.25, -0.2) is 9.59 Å². The molecular formula is C21H33NO6Si. The molecule has 0 saturated carbocycles. The largest absolute Gasteiger partial charge is 0.489 e. The van der Waals surface area contributed by atoms with Crippen LogP contribution in [-0.2, 0) is 9.16 Å². The van der Waals surface area contributed by atoms with Crippen LogP contribution in [0.1, 0.15) is 44.5 Å². The van der Waals surface area contributed by atoms with Crippen molar-refractivity contribution in [2.75, 3.05) is 13.7 Å². The van der Waals surface area contributed by atoms with Crippen LogP contribution in [0.5, 0.6) is 5.75 Å². The number of hydrogen-bond donors (Lipinski definition) is 1. The Morgan fingerprint density at radius 2 is 1.93 bits per heavy atom. The number of nitrogens with zero attached hydrogens (tertiary/aromatic N) is 1. The van der Waals surface area contributed by atoms with E-state index in [0.29, 0.717) is 24.3 Å². The first kappa shape index (κ1) is 23.2. The van der Waals surface area contributed by atoms with E-state index in [1.165, 1.54) is 12.0 Å². The van der Waals surface area contributed by atoms with E-state index in [-0.39, 0.29) is 17.2 Å². The van der Waals surface area contributed by atoms with Crippen molar-refractivity contribution in [2.24, 2.45) is 0 Å². The predicted molar refractivity (Wildman–Crippen MR) is 113 cm³/mol. The van der Waals surface area contributed by atoms with Crippen LogP contribution >= 0.6 is 0 Å². The Labute approximate surface area is 174 Å². The molecule has 0 aliphatic carbocycles. The molecule has 3 atom stereocenters. The molecule has 1 fully saturated rings. The number of likely N-dealkylation sites (tertiary alicyclic amines) is 1. The molecule has 1 aliphatic rings. The van der Waals surface area contributed by atoms with E-state index in [4.69, 9.17) is 13.9 Å². The van der Waals surface area contributed by atoms with Crippen molar-refractivity contribution in [1.29, 1.82) is 0 Å². The van der Waals surface area contributed by atoms with Gasteiger partial charge in [0.2, 0.25) is 0 Å². The molecule has 1 amide bonds. The van der Waals surface area contributed by atoms with Gasteiger partial charge in [0.05, 0.1) is 24.8 Å². The summed E-state index contributed by atoms with van der Waals surface area (Å²) in [7, 11) is -0.685. The van der Waals surface area contributed by atoms with Crippen LogP contribution in [0.4, 0.5) is 4.79 Å². The van der Waals surface area contributed by atoms with Crippen molar-refractivity contribution in [1.82, 2.24) is 4.90 Å². The summed E-state index contributed by atoms with van der Waals surface area (Å²) in [4.78, 5) is 25.0. The molecule has 8 heteroatoms. The molecule has 1 heterocycles. The first-order valence-corrected chi connectivity index (χ1v) is 12.8. The van der Waals surface area contributed by atoms with Crippen LogP contribution in [-0.4, -0.2) is 62.3 Å². The highest BCUT2D eigenvalue weighted by atomic mass is 28.4. The second-order valence-corrected chi connectivity index (χ2v) is 13.8. The highest BCUT2D eigenvalue weighted by molar-refractivity contribution is 6.74. The van der Waals surface area contributed by atoms with Crippen LogP contribution in [0.2, 0.25) is 18.1 Å². The van der Waals surface area contributed by atoms with Gasteiger partial charge in [-0.1, -0.05) is 26.8 Å². The second-order valence-electron chi connectivity index (χ2n) is 9.08. The molecule has 1 saturated heterocycles. The fraction of sp³-hybridized carbons (Fsp3) is 0.619. The van der Waals surface area contributed by atoms with Gasteiger partial charge in [-0.15, -0.1) is 0 Å². The number of carboxylic acid groups (broad SMARTS) is 1. The van der Waals surface area contributed by atoms with E-state index in [0.717, 1.165) is 0 Å². The lowest BCUT2D eigenvalue weighted by molar-refractivity contribution is 0.0599. The van der Waals surface area contributed by atoms with E-state index in [9.17, 15) is 14.7 Å². The molecule has 1 aliphatic heterocycles. The lowest BCUT2D eigenvalue weighted by Crippen LogP contribution is -2.45. The SMILES string of the molecule is COC(=O)c1cccc(OC(C)[C@@H]2C[C@@H](O[Si](C)(C)C(C)(C)C)CN2C(=O)O)c1. The lowest BCUT2D eigenvalue weighted by atomic mass is 10.1. The molecule has 0 bridgehead atoms. The summed E-state index contributed by atoms with van der Waals surface area (Å²) in [5, 5.41) is 9.74. The molecule has 1 aromatic rings. The summed E-state index contributed by atoms with van der Waals surface area (Å²) in [5.41, 5.74) is 0.387. The molecule has 29 heavy (non-hydrogen) atoms. The zero-order valence-corrected chi connectivity index (χ0v) is 19.4. The Hall–Kier alpha value is -2.06. The van der Waals surface area contributed by atoms with Crippen molar-refractivity contribution >= 4 is 20.4 Å². The Kier molecular flexibility index (Phi) is 7.00. The van der Waals surface area contributed by atoms with Crippen LogP contribution in [0.3, 0.4) is 0 Å². The average molecular weight is 424 g/mol. The maximum absolute atomic E-state index is 11.8. The minimum Gasteiger partial charge on any atom is -0.489 e. The van der Waals surface area contributed by atoms with Gasteiger partial charge in [0.15, 0.2) is 8.32 Å². The van der Waals surface area contributed by atoms with Crippen LogP contribution in [0.15, 0.2) is 24.3 Å². The average Bonchev–Trinajstić information content (AvgIpc) is 3.04. The van der Waals surface area contributed by atoms with Crippen molar-refractivity contribution < 1.29 is 28.6 Å². The molecule has 7 nitrogen and oxygen atoms in total. The summed E-state index contributed by atoms with van der Waals surface area (Å²) >= 11 is 0. The Morgan fingerprint density at radius 3 is 2.48 bits per heavy atom. The van der Waals surface area contributed by atoms with Gasteiger partial charge in [0.25, 0.3) is 0 Å². The number of ether oxygens (including phenoxy) is 2. The Bertz CT molecular complexity index is 745. The normalized spacial score (nSPS) is 21.0. The van der Waals surface area contributed by atoms with Gasteiger partial charge in [0.1, 0.15) is 11.9 Å². The molecule has 1 N–H and O–H groups in total. The number of amides is 1. The van der Waals surface area contributed by atoms with Gasteiger partial charge in [0, 0.05) is 6.54 Å². The third-order valence-electron chi connectivity index (χ3n) is 5.94. The summed E-state index contributed by atoms with van der Waals surface area (Å²) in [6, 6.07) is 6.37. The zero-order chi connectivity index (χ0) is 22.0. The maximum atomic E-state index is 11.8. The monoisotopic (exact) mass is 423 g/mol. The number of hydrogen-bond acceptors (Lipinski definition) is 5. The number of rotatable bonds is 6. The number of benzene rings is 1. The van der Waals surface area contributed by atoms with Crippen molar-refractivity contribution in [2.45, 2.75) is 70.5 Å². The van der Waals surface area contributed by atoms with Crippen molar-refractivity contribution in [3.05, 3.63) is 29.8 Å². The van der Waals surface area contributed by atoms with E-state index in [2.05, 4.69) is 33.9 Å². The Balaban J connectivity index is 2.13. The van der Waals surface area contributed by atoms with Crippen molar-refractivity contribution in [3.63, 3.8) is 0 Å². The Morgan fingerprint density at radius 1 is 1.28 bits per heavy atom. The van der Waals surface area contributed by atoms with Crippen LogP contribution < -0.4 is 4.74 Å². The predicted octanol–water partition coefficient (Wildman–Crippen LogP) is 4.38. The van der Waals surface area contributed by atoms with Gasteiger partial charge in [-0.3, -0.25) is 4.90 Å². The highest BCUT2D eigenvalue weighted by Gasteiger charge is 2.45. The third-order valence-corrected chi connectivity index (χ3v) is 10.5. The van der Waals surface area contributed by atoms with E-state index in [1.54, 1.807) is 24.3 Å². The maximum Gasteiger partial charge on any atom is 0.407 e. The first-order chi connectivity index (χ1) is 13.4. The number of methoxy groups -OCH3 is 1. The van der Waals surface area contributed by atoms with Crippen molar-refractivity contribution in [3.8, 4) is 5.75 Å². The summed E-state index contributed by atoms with van der Waals surface area (Å²) in [6.07, 6.45) is -0.942. The molecule has 0 radical (unpaired) electrons. The van der Waals surface area contributed by atoms with E-state index >= 15 is 0 Å². The van der Waals surface area contributed by atoms with Gasteiger partial charge >= 0.3 is 12.1 Å². The van der Waals surface area contributed by atoms with Crippen LogP contribution in [0.25, 0.3) is 0 Å². The molecule has 162 valence electrons. The second kappa shape index (κ2) is 8.75. The number of esters is 1. The summed E-state index contributed by atoms with van der Waals surface area (Å²) < 4.78 is 17.2. The number of carbonyl (C=O) groups is 2. The fourth-order valence-corrected chi connectivity index (χ4v) is 4.63. The molecule has 1 unspecified atom stereocenters. The molecule has 1 aromatic carbocycles. The first-order valence-electron chi connectivity index (χ1n) is 9.88. The molecule has 2 rings (SSSR count). The topological polar surface area (TPSA) is 85.3 Å². The fourth-order valence-electron chi connectivity index (χ4n) is 3.28. The van der Waals surface area contributed by atoms with Gasteiger partial charge in [-0.05, 0) is 49.7 Å². The van der Waals surface area contributed by atoms with E-state index in [1.807, 2.05) is 6.92 Å². The molecular weight excluding hydrogens is 390 g/mol. The summed E-state index contributed by atoms with van der Waals surface area (Å²) in [6.45, 7) is 13.0. The quantitative estimate of drug-likeness (QED) is 0.540. The minimum absolute atomic E-state index is 0.0512. The van der Waals surface area contributed by atoms with Crippen LogP contribution in [0, 0.1) is 0 Å². The lowest BCUT2D eigenvalue weighted by Gasteiger charge is -2.38. The highest BCUT2D eigenvalue weighted by Crippen LogP contribution is 2.39. The zero-order valence-electron chi connectivity index (χ0n) is 18.4. The standard InChI is InChI=1S/C21H33NO6Si/c1-14(27-16-10-8-9-15(11-16)19(23)26-5)18-12-17(13-22(18)20(24)25)28-29(6,7)21(2,3)4/h8-11,14,17-18H,12-13H2,1-7H3,(H,24,25)/t14?,17-,18+/m1/s1. The molecule has 0 spiro atoms. The minimum atomic E-state index is -2.01. The number of carbonyl (C=O) groups excluding carboxylic acids is 1. The van der Waals surface area contributed by atoms with Gasteiger partial charge < -0.3 is 19.0 Å². The molecule has 0 aromatic heterocycles.